The van der Waals surface area contributed by atoms with Crippen LogP contribution in [0, 0.1) is 0 Å². The molecular formula is C9H15NO4. The smallest absolute Gasteiger partial charge is 0.330 e. The second-order valence-corrected chi connectivity index (χ2v) is 2.80. The van der Waals surface area contributed by atoms with Crippen molar-refractivity contribution in [1.82, 2.24) is 5.06 Å². The molecule has 1 fully saturated rings. The molecule has 0 atom stereocenters. The first-order valence-electron chi connectivity index (χ1n) is 4.21. The molecule has 0 saturated carbocycles. The minimum absolute atomic E-state index is 0. The lowest BCUT2D eigenvalue weighted by Crippen LogP contribution is -2.31. The van der Waals surface area contributed by atoms with Crippen LogP contribution in [0.25, 0.3) is 0 Å². The first kappa shape index (κ1) is 12.6. The summed E-state index contributed by atoms with van der Waals surface area (Å²) in [5, 5.41) is 0.567. The van der Waals surface area contributed by atoms with Crippen LogP contribution in [0.2, 0.25) is 0 Å². The van der Waals surface area contributed by atoms with E-state index in [-0.39, 0.29) is 26.7 Å². The zero-order valence-electron chi connectivity index (χ0n) is 7.41. The molecule has 0 unspecified atom stereocenters. The maximum Gasteiger partial charge on any atom is 0.333 e. The number of amides is 2. The van der Waals surface area contributed by atoms with Crippen LogP contribution in [-0.4, -0.2) is 22.8 Å². The van der Waals surface area contributed by atoms with Crippen LogP contribution in [0.1, 0.15) is 40.0 Å². The number of hydrogen-bond acceptors (Lipinski definition) is 4. The van der Waals surface area contributed by atoms with Gasteiger partial charge in [0.05, 0.1) is 0 Å². The summed E-state index contributed by atoms with van der Waals surface area (Å²) in [7, 11) is 0. The van der Waals surface area contributed by atoms with E-state index in [2.05, 4.69) is 4.84 Å². The van der Waals surface area contributed by atoms with E-state index in [4.69, 9.17) is 0 Å². The van der Waals surface area contributed by atoms with Crippen molar-refractivity contribution in [3.05, 3.63) is 0 Å². The lowest BCUT2D eigenvalue weighted by molar-refractivity contribution is -0.197. The molecule has 1 rings (SSSR count). The highest BCUT2D eigenvalue weighted by atomic mass is 16.7. The summed E-state index contributed by atoms with van der Waals surface area (Å²) in [6, 6.07) is 0. The van der Waals surface area contributed by atoms with Gasteiger partial charge in [-0.15, -0.1) is 5.06 Å². The average molecular weight is 201 g/mol. The highest BCUT2D eigenvalue weighted by molar-refractivity contribution is 6.01. The first-order valence-corrected chi connectivity index (χ1v) is 4.21. The Kier molecular flexibility index (Phi) is 4.83. The van der Waals surface area contributed by atoms with E-state index in [0.717, 1.165) is 0 Å². The molecule has 0 aromatic heterocycles. The number of imide groups is 1. The molecule has 1 aliphatic rings. The number of hydroxylamine groups is 2. The van der Waals surface area contributed by atoms with Crippen LogP contribution in [0.5, 0.6) is 0 Å². The molecule has 0 radical (unpaired) electrons. The van der Waals surface area contributed by atoms with Gasteiger partial charge in [0.2, 0.25) is 0 Å². The standard InChI is InChI=1S/C8H11NO4.CH4/c1-2-3-8(12)13-9-6(10)4-5-7(9)11;/h2-5H2,1H3;1H4. The summed E-state index contributed by atoms with van der Waals surface area (Å²) in [5.41, 5.74) is 0. The average Bonchev–Trinajstić information content (AvgIpc) is 2.36. The number of carbonyl (C=O) groups excluding carboxylic acids is 3. The van der Waals surface area contributed by atoms with Crippen molar-refractivity contribution < 1.29 is 19.2 Å². The van der Waals surface area contributed by atoms with Gasteiger partial charge in [-0.2, -0.15) is 0 Å². The molecule has 0 spiro atoms. The predicted molar refractivity (Wildman–Crippen MR) is 48.8 cm³/mol. The number of hydrogen-bond donors (Lipinski definition) is 0. The molecule has 1 aliphatic heterocycles. The molecular weight excluding hydrogens is 186 g/mol. The lowest BCUT2D eigenvalue weighted by atomic mass is 10.3. The zero-order chi connectivity index (χ0) is 9.84. The molecule has 1 saturated heterocycles. The van der Waals surface area contributed by atoms with Gasteiger partial charge in [0.1, 0.15) is 0 Å². The first-order chi connectivity index (χ1) is 6.15. The van der Waals surface area contributed by atoms with Crippen LogP contribution < -0.4 is 0 Å². The summed E-state index contributed by atoms with van der Waals surface area (Å²) in [4.78, 5) is 37.4. The van der Waals surface area contributed by atoms with E-state index < -0.39 is 17.8 Å². The van der Waals surface area contributed by atoms with Crippen molar-refractivity contribution in [2.24, 2.45) is 0 Å². The minimum Gasteiger partial charge on any atom is -0.330 e. The third-order valence-corrected chi connectivity index (χ3v) is 1.65. The van der Waals surface area contributed by atoms with E-state index >= 15 is 0 Å². The molecule has 1 heterocycles. The molecule has 14 heavy (non-hydrogen) atoms. The molecule has 5 nitrogen and oxygen atoms in total. The quantitative estimate of drug-likeness (QED) is 0.640. The van der Waals surface area contributed by atoms with Crippen LogP contribution >= 0.6 is 0 Å². The fourth-order valence-corrected chi connectivity index (χ4v) is 1.01. The normalized spacial score (nSPS) is 15.4. The molecule has 5 heteroatoms. The van der Waals surface area contributed by atoms with Gasteiger partial charge < -0.3 is 4.84 Å². The SMILES string of the molecule is C.CCCC(=O)ON1C(=O)CCC1=O. The van der Waals surface area contributed by atoms with Crippen LogP contribution in [0.4, 0.5) is 0 Å². The third-order valence-electron chi connectivity index (χ3n) is 1.65. The van der Waals surface area contributed by atoms with Gasteiger partial charge in [0.25, 0.3) is 11.8 Å². The maximum absolute atomic E-state index is 11.0. The van der Waals surface area contributed by atoms with Crippen molar-refractivity contribution in [3.8, 4) is 0 Å². The molecule has 0 aliphatic carbocycles. The van der Waals surface area contributed by atoms with Crippen LogP contribution in [0.3, 0.4) is 0 Å². The zero-order valence-corrected chi connectivity index (χ0v) is 7.41. The molecule has 0 aromatic rings. The second-order valence-electron chi connectivity index (χ2n) is 2.80. The molecule has 80 valence electrons. The minimum atomic E-state index is -0.536. The van der Waals surface area contributed by atoms with E-state index in [0.29, 0.717) is 11.5 Å². The van der Waals surface area contributed by atoms with Gasteiger partial charge in [0.15, 0.2) is 0 Å². The van der Waals surface area contributed by atoms with E-state index in [9.17, 15) is 14.4 Å². The molecule has 0 bridgehead atoms. The summed E-state index contributed by atoms with van der Waals surface area (Å²) in [5.74, 6) is -1.41. The predicted octanol–water partition coefficient (Wildman–Crippen LogP) is 1.03. The summed E-state index contributed by atoms with van der Waals surface area (Å²) in [6.45, 7) is 1.81. The van der Waals surface area contributed by atoms with Crippen molar-refractivity contribution in [2.45, 2.75) is 40.0 Å². The molecule has 0 N–H and O–H groups in total. The Morgan fingerprint density at radius 3 is 2.29 bits per heavy atom. The Bertz CT molecular complexity index is 233. The van der Waals surface area contributed by atoms with Crippen molar-refractivity contribution >= 4 is 17.8 Å². The number of nitrogens with zero attached hydrogens (tertiary/aromatic N) is 1. The highest BCUT2D eigenvalue weighted by Gasteiger charge is 2.32. The summed E-state index contributed by atoms with van der Waals surface area (Å²) in [6.07, 6.45) is 1.13. The van der Waals surface area contributed by atoms with Gasteiger partial charge in [-0.3, -0.25) is 9.59 Å². The van der Waals surface area contributed by atoms with Crippen molar-refractivity contribution in [2.75, 3.05) is 0 Å². The van der Waals surface area contributed by atoms with E-state index in [1.807, 2.05) is 6.92 Å². The maximum atomic E-state index is 11.0. The molecule has 0 aromatic carbocycles. The fraction of sp³-hybridized carbons (Fsp3) is 0.667. The second kappa shape index (κ2) is 5.36. The van der Waals surface area contributed by atoms with Crippen molar-refractivity contribution in [1.29, 1.82) is 0 Å². The van der Waals surface area contributed by atoms with Gasteiger partial charge in [-0.25, -0.2) is 4.79 Å². The Labute approximate surface area is 83.0 Å². The lowest BCUT2D eigenvalue weighted by Gasteiger charge is -2.11. The van der Waals surface area contributed by atoms with Gasteiger partial charge in [-0.05, 0) is 6.42 Å². The van der Waals surface area contributed by atoms with Gasteiger partial charge >= 0.3 is 5.97 Å². The van der Waals surface area contributed by atoms with Gasteiger partial charge in [0, 0.05) is 19.3 Å². The highest BCUT2D eigenvalue weighted by Crippen LogP contribution is 2.12. The Hall–Kier alpha value is -1.39. The monoisotopic (exact) mass is 201 g/mol. The summed E-state index contributed by atoms with van der Waals surface area (Å²) < 4.78 is 0. The summed E-state index contributed by atoms with van der Waals surface area (Å²) >= 11 is 0. The number of rotatable bonds is 3. The Morgan fingerprint density at radius 2 is 1.86 bits per heavy atom. The number of carbonyl (C=O) groups is 3. The topological polar surface area (TPSA) is 63.7 Å². The van der Waals surface area contributed by atoms with E-state index in [1.54, 1.807) is 0 Å². The molecule has 2 amide bonds. The van der Waals surface area contributed by atoms with Crippen molar-refractivity contribution in [3.63, 3.8) is 0 Å². The fourth-order valence-electron chi connectivity index (χ4n) is 1.01. The third kappa shape index (κ3) is 2.83. The van der Waals surface area contributed by atoms with Crippen LogP contribution in [-0.2, 0) is 19.2 Å². The van der Waals surface area contributed by atoms with Gasteiger partial charge in [-0.1, -0.05) is 14.4 Å². The van der Waals surface area contributed by atoms with Crippen LogP contribution in [0.15, 0.2) is 0 Å². The van der Waals surface area contributed by atoms with E-state index in [1.165, 1.54) is 0 Å². The largest absolute Gasteiger partial charge is 0.333 e. The Balaban J connectivity index is 0.00000169. The Morgan fingerprint density at radius 1 is 1.36 bits per heavy atom.